The average Bonchev–Trinajstić information content (AvgIpc) is 2.17. The van der Waals surface area contributed by atoms with Gasteiger partial charge in [-0.1, -0.05) is 6.07 Å². The molecule has 1 aliphatic carbocycles. The van der Waals surface area contributed by atoms with Gasteiger partial charge in [-0.05, 0) is 59.8 Å². The van der Waals surface area contributed by atoms with Gasteiger partial charge in [0.1, 0.15) is 0 Å². The van der Waals surface area contributed by atoms with Gasteiger partial charge in [0.2, 0.25) is 0 Å². The second-order valence-electron chi connectivity index (χ2n) is 4.62. The highest BCUT2D eigenvalue weighted by Gasteiger charge is 2.30. The molecule has 82 valence electrons. The molecule has 1 aromatic rings. The van der Waals surface area contributed by atoms with Crippen LogP contribution in [0.15, 0.2) is 22.7 Å². The van der Waals surface area contributed by atoms with E-state index in [0.29, 0.717) is 5.54 Å². The summed E-state index contributed by atoms with van der Waals surface area (Å²) in [5.74, 6) is 0. The standard InChI is InChI=1S/C12H17BrN2/c1-12(5-2-6-12)15-8-9-3-4-11(14)10(13)7-9/h3-4,7,15H,2,5-6,8,14H2,1H3. The predicted octanol–water partition coefficient (Wildman–Crippen LogP) is 3.06. The average molecular weight is 269 g/mol. The molecular weight excluding hydrogens is 252 g/mol. The predicted molar refractivity (Wildman–Crippen MR) is 67.7 cm³/mol. The van der Waals surface area contributed by atoms with E-state index < -0.39 is 0 Å². The molecule has 0 atom stereocenters. The van der Waals surface area contributed by atoms with Crippen molar-refractivity contribution in [2.75, 3.05) is 5.73 Å². The largest absolute Gasteiger partial charge is 0.398 e. The summed E-state index contributed by atoms with van der Waals surface area (Å²) in [7, 11) is 0. The van der Waals surface area contributed by atoms with Gasteiger partial charge in [-0.25, -0.2) is 0 Å². The van der Waals surface area contributed by atoms with E-state index in [4.69, 9.17) is 5.73 Å². The number of rotatable bonds is 3. The number of hydrogen-bond acceptors (Lipinski definition) is 2. The highest BCUT2D eigenvalue weighted by molar-refractivity contribution is 9.10. The van der Waals surface area contributed by atoms with Crippen LogP contribution in [0, 0.1) is 0 Å². The molecule has 15 heavy (non-hydrogen) atoms. The van der Waals surface area contributed by atoms with Gasteiger partial charge in [0.25, 0.3) is 0 Å². The first-order chi connectivity index (χ1) is 7.09. The molecule has 2 nitrogen and oxygen atoms in total. The summed E-state index contributed by atoms with van der Waals surface area (Å²) in [4.78, 5) is 0. The molecule has 1 saturated carbocycles. The Kier molecular flexibility index (Phi) is 3.03. The molecule has 2 rings (SSSR count). The van der Waals surface area contributed by atoms with Gasteiger partial charge in [-0.15, -0.1) is 0 Å². The van der Waals surface area contributed by atoms with Crippen LogP contribution in [0.1, 0.15) is 31.7 Å². The Bertz CT molecular complexity index is 359. The summed E-state index contributed by atoms with van der Waals surface area (Å²) in [6.45, 7) is 3.22. The first-order valence-electron chi connectivity index (χ1n) is 5.38. The highest BCUT2D eigenvalue weighted by Crippen LogP contribution is 2.31. The number of nitrogens with one attached hydrogen (secondary N) is 1. The third kappa shape index (κ3) is 2.52. The van der Waals surface area contributed by atoms with Crippen LogP contribution in [-0.4, -0.2) is 5.54 Å². The van der Waals surface area contributed by atoms with Crippen LogP contribution in [0.25, 0.3) is 0 Å². The lowest BCUT2D eigenvalue weighted by Gasteiger charge is -2.39. The van der Waals surface area contributed by atoms with E-state index >= 15 is 0 Å². The summed E-state index contributed by atoms with van der Waals surface area (Å²) >= 11 is 3.44. The zero-order valence-corrected chi connectivity index (χ0v) is 10.6. The maximum atomic E-state index is 5.74. The highest BCUT2D eigenvalue weighted by atomic mass is 79.9. The van der Waals surface area contributed by atoms with E-state index in [1.54, 1.807) is 0 Å². The van der Waals surface area contributed by atoms with Gasteiger partial charge in [-0.2, -0.15) is 0 Å². The fraction of sp³-hybridized carbons (Fsp3) is 0.500. The third-order valence-corrected chi connectivity index (χ3v) is 3.93. The SMILES string of the molecule is CC1(NCc2ccc(N)c(Br)c2)CCC1. The Labute approximate surface area is 99.4 Å². The lowest BCUT2D eigenvalue weighted by molar-refractivity contribution is 0.207. The van der Waals surface area contributed by atoms with E-state index in [1.165, 1.54) is 24.8 Å². The monoisotopic (exact) mass is 268 g/mol. The van der Waals surface area contributed by atoms with E-state index in [9.17, 15) is 0 Å². The van der Waals surface area contributed by atoms with Crippen LogP contribution in [0.4, 0.5) is 5.69 Å². The number of nitrogens with two attached hydrogens (primary N) is 1. The number of nitrogen functional groups attached to an aromatic ring is 1. The Morgan fingerprint density at radius 1 is 1.47 bits per heavy atom. The van der Waals surface area contributed by atoms with Crippen molar-refractivity contribution in [2.24, 2.45) is 0 Å². The Hall–Kier alpha value is -0.540. The Morgan fingerprint density at radius 3 is 2.73 bits per heavy atom. The minimum Gasteiger partial charge on any atom is -0.398 e. The van der Waals surface area contributed by atoms with Crippen molar-refractivity contribution < 1.29 is 0 Å². The van der Waals surface area contributed by atoms with Gasteiger partial charge in [-0.3, -0.25) is 0 Å². The number of halogens is 1. The smallest absolute Gasteiger partial charge is 0.0458 e. The van der Waals surface area contributed by atoms with Crippen molar-refractivity contribution in [3.63, 3.8) is 0 Å². The lowest BCUT2D eigenvalue weighted by atomic mass is 9.78. The van der Waals surface area contributed by atoms with Gasteiger partial charge < -0.3 is 11.1 Å². The van der Waals surface area contributed by atoms with Crippen molar-refractivity contribution in [1.82, 2.24) is 5.32 Å². The minimum atomic E-state index is 0.369. The molecule has 0 heterocycles. The minimum absolute atomic E-state index is 0.369. The van der Waals surface area contributed by atoms with Gasteiger partial charge in [0.05, 0.1) is 0 Å². The number of hydrogen-bond donors (Lipinski definition) is 2. The summed E-state index contributed by atoms with van der Waals surface area (Å²) in [6, 6.07) is 6.11. The van der Waals surface area contributed by atoms with Gasteiger partial charge in [0.15, 0.2) is 0 Å². The normalized spacial score (nSPS) is 18.5. The molecule has 0 radical (unpaired) electrons. The third-order valence-electron chi connectivity index (χ3n) is 3.24. The maximum absolute atomic E-state index is 5.74. The fourth-order valence-electron chi connectivity index (χ4n) is 1.88. The molecule has 0 aliphatic heterocycles. The summed E-state index contributed by atoms with van der Waals surface area (Å²) < 4.78 is 0.987. The fourth-order valence-corrected chi connectivity index (χ4v) is 2.31. The zero-order valence-electron chi connectivity index (χ0n) is 9.02. The molecule has 3 heteroatoms. The molecule has 1 aliphatic rings. The molecule has 0 aromatic heterocycles. The van der Waals surface area contributed by atoms with Crippen LogP contribution in [0.5, 0.6) is 0 Å². The van der Waals surface area contributed by atoms with E-state index in [-0.39, 0.29) is 0 Å². The number of benzene rings is 1. The van der Waals surface area contributed by atoms with Gasteiger partial charge >= 0.3 is 0 Å². The van der Waals surface area contributed by atoms with Crippen LogP contribution >= 0.6 is 15.9 Å². The van der Waals surface area contributed by atoms with E-state index in [0.717, 1.165) is 16.7 Å². The molecule has 0 saturated heterocycles. The van der Waals surface area contributed by atoms with Crippen LogP contribution in [0.3, 0.4) is 0 Å². The van der Waals surface area contributed by atoms with Crippen molar-refractivity contribution in [2.45, 2.75) is 38.3 Å². The Morgan fingerprint density at radius 2 is 2.20 bits per heavy atom. The molecule has 0 amide bonds. The number of anilines is 1. The van der Waals surface area contributed by atoms with Crippen molar-refractivity contribution >= 4 is 21.6 Å². The van der Waals surface area contributed by atoms with Crippen molar-refractivity contribution in [3.8, 4) is 0 Å². The summed E-state index contributed by atoms with van der Waals surface area (Å²) in [5, 5.41) is 3.60. The molecular formula is C12H17BrN2. The second-order valence-corrected chi connectivity index (χ2v) is 5.48. The van der Waals surface area contributed by atoms with E-state index in [1.807, 2.05) is 6.07 Å². The molecule has 0 unspecified atom stereocenters. The van der Waals surface area contributed by atoms with Crippen LogP contribution in [-0.2, 0) is 6.54 Å². The first-order valence-corrected chi connectivity index (χ1v) is 6.17. The quantitative estimate of drug-likeness (QED) is 0.828. The molecule has 1 aromatic carbocycles. The molecule has 0 spiro atoms. The van der Waals surface area contributed by atoms with Crippen LogP contribution < -0.4 is 11.1 Å². The molecule has 1 fully saturated rings. The lowest BCUT2D eigenvalue weighted by Crippen LogP contribution is -2.47. The molecule has 3 N–H and O–H groups in total. The summed E-state index contributed by atoms with van der Waals surface area (Å²) in [5.41, 5.74) is 8.19. The summed E-state index contributed by atoms with van der Waals surface area (Å²) in [6.07, 6.45) is 3.95. The Balaban J connectivity index is 1.96. The van der Waals surface area contributed by atoms with Crippen molar-refractivity contribution in [1.29, 1.82) is 0 Å². The maximum Gasteiger partial charge on any atom is 0.0458 e. The molecule has 0 bridgehead atoms. The van der Waals surface area contributed by atoms with E-state index in [2.05, 4.69) is 40.3 Å². The zero-order chi connectivity index (χ0) is 10.9. The van der Waals surface area contributed by atoms with Crippen molar-refractivity contribution in [3.05, 3.63) is 28.2 Å². The first kappa shape index (κ1) is 11.0. The topological polar surface area (TPSA) is 38.0 Å². The second kappa shape index (κ2) is 4.14. The van der Waals surface area contributed by atoms with Gasteiger partial charge in [0, 0.05) is 22.2 Å². The van der Waals surface area contributed by atoms with Crippen LogP contribution in [0.2, 0.25) is 0 Å².